The summed E-state index contributed by atoms with van der Waals surface area (Å²) in [6.45, 7) is 3.67. The molecule has 1 aromatic carbocycles. The van der Waals surface area contributed by atoms with E-state index < -0.39 is 0 Å². The number of carbonyl (C=O) groups excluding carboxylic acids is 1. The third kappa shape index (κ3) is 3.11. The summed E-state index contributed by atoms with van der Waals surface area (Å²) in [5.74, 6) is 0.340. The van der Waals surface area contributed by atoms with Gasteiger partial charge in [-0.2, -0.15) is 0 Å². The van der Waals surface area contributed by atoms with Gasteiger partial charge in [0.05, 0.1) is 12.0 Å². The van der Waals surface area contributed by atoms with Gasteiger partial charge in [-0.15, -0.1) is 6.58 Å². The first-order valence-electron chi connectivity index (χ1n) is 6.20. The molecular formula is C15H15NO3S2. The number of hydrogen-bond donors (Lipinski definition) is 1. The predicted molar refractivity (Wildman–Crippen MR) is 89.5 cm³/mol. The number of rotatable bonds is 4. The fourth-order valence-corrected chi connectivity index (χ4v) is 3.12. The maximum Gasteiger partial charge on any atom is 0.265 e. The first-order chi connectivity index (χ1) is 9.97. The maximum absolute atomic E-state index is 12.0. The Morgan fingerprint density at radius 1 is 1.52 bits per heavy atom. The Hall–Kier alpha value is -1.79. The molecule has 0 aliphatic carbocycles. The lowest BCUT2D eigenvalue weighted by molar-refractivity contribution is -0.121. The summed E-state index contributed by atoms with van der Waals surface area (Å²) in [4.78, 5) is 14.0. The molecule has 0 radical (unpaired) electrons. The Bertz CT molecular complexity index is 653. The molecule has 0 spiro atoms. The van der Waals surface area contributed by atoms with Crippen LogP contribution in [-0.4, -0.2) is 34.4 Å². The number of thioether (sulfide) groups is 1. The lowest BCUT2D eigenvalue weighted by Crippen LogP contribution is -2.22. The Morgan fingerprint density at radius 2 is 2.24 bits per heavy atom. The number of benzene rings is 1. The minimum Gasteiger partial charge on any atom is -0.504 e. The standard InChI is InChI=1S/C15H15NO3S2/c1-4-5-10-6-9(7-11(19-3)13(10)17)8-12-14(18)16(2)15(20)21-12/h4,6-8,17H,1,5H2,2-3H3/b12-8+. The average Bonchev–Trinajstić information content (AvgIpc) is 2.70. The van der Waals surface area contributed by atoms with Crippen LogP contribution in [0.1, 0.15) is 11.1 Å². The van der Waals surface area contributed by atoms with Gasteiger partial charge in [-0.1, -0.05) is 30.1 Å². The topological polar surface area (TPSA) is 49.8 Å². The van der Waals surface area contributed by atoms with Gasteiger partial charge in [-0.3, -0.25) is 9.69 Å². The van der Waals surface area contributed by atoms with Gasteiger partial charge in [-0.25, -0.2) is 0 Å². The lowest BCUT2D eigenvalue weighted by atomic mass is 10.1. The highest BCUT2D eigenvalue weighted by Gasteiger charge is 2.28. The highest BCUT2D eigenvalue weighted by molar-refractivity contribution is 8.26. The van der Waals surface area contributed by atoms with Gasteiger partial charge in [-0.05, 0) is 30.2 Å². The van der Waals surface area contributed by atoms with Crippen LogP contribution >= 0.6 is 24.0 Å². The first-order valence-corrected chi connectivity index (χ1v) is 7.42. The molecule has 2 rings (SSSR count). The molecule has 0 aromatic heterocycles. The van der Waals surface area contributed by atoms with Gasteiger partial charge in [0.15, 0.2) is 11.5 Å². The number of methoxy groups -OCH3 is 1. The summed E-state index contributed by atoms with van der Waals surface area (Å²) in [6, 6.07) is 3.49. The van der Waals surface area contributed by atoms with Crippen LogP contribution in [0.5, 0.6) is 11.5 Å². The monoisotopic (exact) mass is 321 g/mol. The molecule has 6 heteroatoms. The predicted octanol–water partition coefficient (Wildman–Crippen LogP) is 2.96. The lowest BCUT2D eigenvalue weighted by Gasteiger charge is -2.09. The third-order valence-corrected chi connectivity index (χ3v) is 4.53. The molecule has 1 aliphatic rings. The third-order valence-electron chi connectivity index (χ3n) is 3.04. The van der Waals surface area contributed by atoms with Crippen molar-refractivity contribution in [1.82, 2.24) is 4.90 Å². The van der Waals surface area contributed by atoms with Gasteiger partial charge in [0.2, 0.25) is 0 Å². The molecule has 1 N–H and O–H groups in total. The van der Waals surface area contributed by atoms with Crippen molar-refractivity contribution in [3.63, 3.8) is 0 Å². The number of hydrogen-bond acceptors (Lipinski definition) is 5. The molecule has 1 heterocycles. The average molecular weight is 321 g/mol. The summed E-state index contributed by atoms with van der Waals surface area (Å²) in [5.41, 5.74) is 1.47. The van der Waals surface area contributed by atoms with E-state index in [9.17, 15) is 9.90 Å². The minimum atomic E-state index is -0.123. The molecule has 21 heavy (non-hydrogen) atoms. The maximum atomic E-state index is 12.0. The summed E-state index contributed by atoms with van der Waals surface area (Å²) in [5, 5.41) is 10.0. The van der Waals surface area contributed by atoms with Crippen LogP contribution in [0.4, 0.5) is 0 Å². The van der Waals surface area contributed by atoms with Gasteiger partial charge >= 0.3 is 0 Å². The minimum absolute atomic E-state index is 0.0950. The number of ether oxygens (including phenoxy) is 1. The fraction of sp³-hybridized carbons (Fsp3) is 0.200. The molecule has 0 atom stereocenters. The Labute approximate surface area is 133 Å². The highest BCUT2D eigenvalue weighted by atomic mass is 32.2. The highest BCUT2D eigenvalue weighted by Crippen LogP contribution is 2.35. The normalized spacial score (nSPS) is 16.7. The van der Waals surface area contributed by atoms with E-state index >= 15 is 0 Å². The number of aromatic hydroxyl groups is 1. The zero-order valence-corrected chi connectivity index (χ0v) is 13.4. The van der Waals surface area contributed by atoms with Crippen LogP contribution in [0.25, 0.3) is 6.08 Å². The molecular weight excluding hydrogens is 306 g/mol. The number of likely N-dealkylation sites (N-methyl/N-ethyl adjacent to an activating group) is 1. The van der Waals surface area contributed by atoms with Crippen LogP contribution in [0.15, 0.2) is 29.7 Å². The largest absolute Gasteiger partial charge is 0.504 e. The Kier molecular flexibility index (Phi) is 4.69. The summed E-state index contributed by atoms with van der Waals surface area (Å²) < 4.78 is 5.70. The second-order valence-corrected chi connectivity index (χ2v) is 6.14. The second kappa shape index (κ2) is 6.32. The van der Waals surface area contributed by atoms with Crippen molar-refractivity contribution in [2.24, 2.45) is 0 Å². The van der Waals surface area contributed by atoms with E-state index in [2.05, 4.69) is 6.58 Å². The zero-order valence-electron chi connectivity index (χ0n) is 11.8. The van der Waals surface area contributed by atoms with E-state index in [1.807, 2.05) is 6.07 Å². The van der Waals surface area contributed by atoms with Gasteiger partial charge in [0.1, 0.15) is 4.32 Å². The molecule has 1 aliphatic heterocycles. The Morgan fingerprint density at radius 3 is 2.76 bits per heavy atom. The Balaban J connectivity index is 2.45. The molecule has 0 bridgehead atoms. The molecule has 0 unspecified atom stereocenters. The van der Waals surface area contributed by atoms with Crippen LogP contribution in [0, 0.1) is 0 Å². The van der Waals surface area contributed by atoms with Gasteiger partial charge < -0.3 is 9.84 Å². The van der Waals surface area contributed by atoms with Gasteiger partial charge in [0, 0.05) is 12.6 Å². The van der Waals surface area contributed by atoms with Crippen LogP contribution in [0.3, 0.4) is 0 Å². The van der Waals surface area contributed by atoms with Crippen molar-refractivity contribution >= 4 is 40.3 Å². The summed E-state index contributed by atoms with van der Waals surface area (Å²) in [7, 11) is 3.14. The quantitative estimate of drug-likeness (QED) is 0.525. The number of thiocarbonyl (C=S) groups is 1. The van der Waals surface area contributed by atoms with Crippen molar-refractivity contribution in [2.45, 2.75) is 6.42 Å². The SMILES string of the molecule is C=CCc1cc(/C=C2/SC(=S)N(C)C2=O)cc(OC)c1O. The number of phenols is 1. The van der Waals surface area contributed by atoms with Crippen molar-refractivity contribution in [1.29, 1.82) is 0 Å². The van der Waals surface area contributed by atoms with Gasteiger partial charge in [0.25, 0.3) is 5.91 Å². The van der Waals surface area contributed by atoms with E-state index in [4.69, 9.17) is 17.0 Å². The number of amides is 1. The molecule has 1 aromatic rings. The van der Waals surface area contributed by atoms with E-state index in [1.165, 1.54) is 23.8 Å². The van der Waals surface area contributed by atoms with Crippen LogP contribution < -0.4 is 4.74 Å². The summed E-state index contributed by atoms with van der Waals surface area (Å²) in [6.07, 6.45) is 3.96. The van der Waals surface area contributed by atoms with E-state index in [0.29, 0.717) is 27.0 Å². The number of phenolic OH excluding ortho intramolecular Hbond substituents is 1. The van der Waals surface area contributed by atoms with E-state index in [1.54, 1.807) is 25.3 Å². The van der Waals surface area contributed by atoms with E-state index in [0.717, 1.165) is 5.56 Å². The van der Waals surface area contributed by atoms with E-state index in [-0.39, 0.29) is 11.7 Å². The van der Waals surface area contributed by atoms with Crippen LogP contribution in [-0.2, 0) is 11.2 Å². The fourth-order valence-electron chi connectivity index (χ4n) is 1.94. The smallest absolute Gasteiger partial charge is 0.265 e. The molecule has 1 fully saturated rings. The molecule has 0 saturated carbocycles. The first kappa shape index (κ1) is 15.6. The molecule has 1 saturated heterocycles. The van der Waals surface area contributed by atoms with Crippen molar-refractivity contribution < 1.29 is 14.6 Å². The molecule has 4 nitrogen and oxygen atoms in total. The second-order valence-electron chi connectivity index (χ2n) is 4.46. The molecule has 110 valence electrons. The summed E-state index contributed by atoms with van der Waals surface area (Å²) >= 11 is 6.36. The number of nitrogens with zero attached hydrogens (tertiary/aromatic N) is 1. The van der Waals surface area contributed by atoms with Crippen LogP contribution in [0.2, 0.25) is 0 Å². The number of allylic oxidation sites excluding steroid dienone is 1. The zero-order chi connectivity index (χ0) is 15.6. The van der Waals surface area contributed by atoms with Crippen molar-refractivity contribution in [3.05, 3.63) is 40.8 Å². The van der Waals surface area contributed by atoms with Crippen molar-refractivity contribution in [3.8, 4) is 11.5 Å². The number of carbonyl (C=O) groups is 1. The van der Waals surface area contributed by atoms with Crippen molar-refractivity contribution in [2.75, 3.05) is 14.2 Å². The molecule has 1 amide bonds.